The van der Waals surface area contributed by atoms with Crippen LogP contribution in [0.25, 0.3) is 0 Å². The molecule has 1 N–H and O–H groups in total. The van der Waals surface area contributed by atoms with Crippen LogP contribution in [-0.4, -0.2) is 44.9 Å². The summed E-state index contributed by atoms with van der Waals surface area (Å²) in [6, 6.07) is 9.94. The Hall–Kier alpha value is -2.16. The van der Waals surface area contributed by atoms with Crippen LogP contribution in [0, 0.1) is 25.6 Å². The second-order valence-corrected chi connectivity index (χ2v) is 10.3. The van der Waals surface area contributed by atoms with Gasteiger partial charge in [-0.25, -0.2) is 17.1 Å². The molecule has 1 aliphatic rings. The number of carbonyl (C=O) groups excluding carboxylic acids is 1. The van der Waals surface area contributed by atoms with Crippen LogP contribution in [0.15, 0.2) is 36.4 Å². The quantitative estimate of drug-likeness (QED) is 0.580. The van der Waals surface area contributed by atoms with Crippen molar-refractivity contribution in [3.8, 4) is 5.75 Å². The van der Waals surface area contributed by atoms with E-state index in [1.807, 2.05) is 32.0 Å². The molecule has 0 atom stereocenters. The van der Waals surface area contributed by atoms with E-state index in [2.05, 4.69) is 5.32 Å². The van der Waals surface area contributed by atoms with Gasteiger partial charge in [0.25, 0.3) is 0 Å². The number of aryl methyl sites for hydroxylation is 1. The van der Waals surface area contributed by atoms with Crippen LogP contribution in [0.4, 0.5) is 4.39 Å². The van der Waals surface area contributed by atoms with Crippen molar-refractivity contribution in [1.82, 2.24) is 9.62 Å². The van der Waals surface area contributed by atoms with Gasteiger partial charge in [0.05, 0.1) is 12.3 Å². The molecule has 2 aromatic rings. The Morgan fingerprint density at radius 1 is 1.19 bits per heavy atom. The smallest absolute Gasteiger partial charge is 0.223 e. The van der Waals surface area contributed by atoms with Crippen molar-refractivity contribution in [1.29, 1.82) is 0 Å². The normalized spacial score (nSPS) is 15.5. The van der Waals surface area contributed by atoms with Gasteiger partial charge in [0.15, 0.2) is 0 Å². The number of hydrogen-bond donors (Lipinski definition) is 1. The summed E-state index contributed by atoms with van der Waals surface area (Å²) in [6.45, 7) is 5.16. The fourth-order valence-electron chi connectivity index (χ4n) is 3.70. The van der Waals surface area contributed by atoms with E-state index in [4.69, 9.17) is 16.3 Å². The van der Waals surface area contributed by atoms with Crippen molar-refractivity contribution >= 4 is 27.5 Å². The molecule has 0 aromatic heterocycles. The fraction of sp³-hybridized carbons (Fsp3) is 0.435. The van der Waals surface area contributed by atoms with Crippen LogP contribution < -0.4 is 10.1 Å². The first kappa shape index (κ1) is 24.5. The standard InChI is InChI=1S/C23H28ClFN2O4S/c1-16-5-3-8-22(17(16)2)31-14-11-26-23(28)18-9-12-27(13-10-18)32(29,30)15-19-20(24)6-4-7-21(19)25/h3-8,18H,9-15H2,1-2H3,(H,26,28). The van der Waals surface area contributed by atoms with Crippen LogP contribution in [0.1, 0.15) is 29.5 Å². The first-order valence-corrected chi connectivity index (χ1v) is 12.5. The first-order valence-electron chi connectivity index (χ1n) is 10.6. The van der Waals surface area contributed by atoms with Gasteiger partial charge in [0, 0.05) is 29.6 Å². The Morgan fingerprint density at radius 2 is 1.88 bits per heavy atom. The maximum Gasteiger partial charge on any atom is 0.223 e. The zero-order valence-corrected chi connectivity index (χ0v) is 19.8. The molecule has 32 heavy (non-hydrogen) atoms. The largest absolute Gasteiger partial charge is 0.491 e. The summed E-state index contributed by atoms with van der Waals surface area (Å²) in [5.74, 6) is -0.709. The fourth-order valence-corrected chi connectivity index (χ4v) is 5.62. The van der Waals surface area contributed by atoms with Crippen molar-refractivity contribution in [2.45, 2.75) is 32.4 Å². The predicted octanol–water partition coefficient (Wildman–Crippen LogP) is 3.83. The molecule has 1 saturated heterocycles. The summed E-state index contributed by atoms with van der Waals surface area (Å²) in [5, 5.41) is 2.95. The van der Waals surface area contributed by atoms with E-state index in [-0.39, 0.29) is 35.5 Å². The molecular weight excluding hydrogens is 455 g/mol. The van der Waals surface area contributed by atoms with Crippen molar-refractivity contribution in [3.05, 3.63) is 63.9 Å². The topological polar surface area (TPSA) is 75.7 Å². The van der Waals surface area contributed by atoms with Crippen molar-refractivity contribution in [3.63, 3.8) is 0 Å². The van der Waals surface area contributed by atoms with Crippen LogP contribution in [0.2, 0.25) is 5.02 Å². The predicted molar refractivity (Wildman–Crippen MR) is 123 cm³/mol. The van der Waals surface area contributed by atoms with Gasteiger partial charge in [-0.15, -0.1) is 0 Å². The van der Waals surface area contributed by atoms with E-state index < -0.39 is 21.6 Å². The van der Waals surface area contributed by atoms with Crippen molar-refractivity contribution in [2.75, 3.05) is 26.2 Å². The molecule has 2 aromatic carbocycles. The van der Waals surface area contributed by atoms with E-state index >= 15 is 0 Å². The molecule has 0 aliphatic carbocycles. The molecule has 1 fully saturated rings. The molecule has 3 rings (SSSR count). The molecule has 0 radical (unpaired) electrons. The molecule has 1 amide bonds. The number of ether oxygens (including phenoxy) is 1. The Morgan fingerprint density at radius 3 is 2.56 bits per heavy atom. The first-order chi connectivity index (χ1) is 15.2. The number of nitrogens with zero attached hydrogens (tertiary/aromatic N) is 1. The van der Waals surface area contributed by atoms with Crippen LogP contribution in [0.3, 0.4) is 0 Å². The average Bonchev–Trinajstić information content (AvgIpc) is 2.76. The Balaban J connectivity index is 1.45. The Bertz CT molecular complexity index is 1050. The van der Waals surface area contributed by atoms with E-state index in [9.17, 15) is 17.6 Å². The number of hydrogen-bond acceptors (Lipinski definition) is 4. The summed E-state index contributed by atoms with van der Waals surface area (Å²) >= 11 is 5.97. The van der Waals surface area contributed by atoms with E-state index in [1.54, 1.807) is 0 Å². The summed E-state index contributed by atoms with van der Waals surface area (Å²) in [4.78, 5) is 12.5. The molecule has 0 spiro atoms. The Kier molecular flexibility index (Phi) is 8.14. The second kappa shape index (κ2) is 10.6. The van der Waals surface area contributed by atoms with Gasteiger partial charge in [-0.3, -0.25) is 4.79 Å². The van der Waals surface area contributed by atoms with Gasteiger partial charge in [-0.1, -0.05) is 29.8 Å². The number of halogens is 2. The SMILES string of the molecule is Cc1cccc(OCCNC(=O)C2CCN(S(=O)(=O)Cc3c(F)cccc3Cl)CC2)c1C. The lowest BCUT2D eigenvalue weighted by atomic mass is 9.97. The summed E-state index contributed by atoms with van der Waals surface area (Å²) in [7, 11) is -3.73. The highest BCUT2D eigenvalue weighted by Crippen LogP contribution is 2.26. The number of sulfonamides is 1. The van der Waals surface area contributed by atoms with E-state index in [1.165, 1.54) is 22.5 Å². The third-order valence-electron chi connectivity index (χ3n) is 5.82. The van der Waals surface area contributed by atoms with Gasteiger partial charge < -0.3 is 10.1 Å². The van der Waals surface area contributed by atoms with Crippen molar-refractivity contribution in [2.24, 2.45) is 5.92 Å². The minimum Gasteiger partial charge on any atom is -0.491 e. The van der Waals surface area contributed by atoms with Gasteiger partial charge in [0.2, 0.25) is 15.9 Å². The maximum atomic E-state index is 14.0. The number of nitrogens with one attached hydrogen (secondary N) is 1. The molecule has 6 nitrogen and oxygen atoms in total. The average molecular weight is 483 g/mol. The molecule has 1 aliphatic heterocycles. The second-order valence-electron chi connectivity index (χ2n) is 7.97. The monoisotopic (exact) mass is 482 g/mol. The summed E-state index contributed by atoms with van der Waals surface area (Å²) in [6.07, 6.45) is 0.821. The maximum absolute atomic E-state index is 14.0. The van der Waals surface area contributed by atoms with Gasteiger partial charge >= 0.3 is 0 Å². The third-order valence-corrected chi connectivity index (χ3v) is 7.98. The lowest BCUT2D eigenvalue weighted by Gasteiger charge is -2.30. The summed E-state index contributed by atoms with van der Waals surface area (Å²) < 4.78 is 46.5. The highest BCUT2D eigenvalue weighted by Gasteiger charge is 2.32. The highest BCUT2D eigenvalue weighted by atomic mass is 35.5. The molecule has 174 valence electrons. The number of carbonyl (C=O) groups is 1. The van der Waals surface area contributed by atoms with E-state index in [0.29, 0.717) is 26.0 Å². The summed E-state index contributed by atoms with van der Waals surface area (Å²) in [5.41, 5.74) is 2.19. The highest BCUT2D eigenvalue weighted by molar-refractivity contribution is 7.88. The van der Waals surface area contributed by atoms with Crippen LogP contribution in [-0.2, 0) is 20.6 Å². The molecule has 0 unspecified atom stereocenters. The van der Waals surface area contributed by atoms with Gasteiger partial charge in [0.1, 0.15) is 18.2 Å². The van der Waals surface area contributed by atoms with Crippen LogP contribution in [0.5, 0.6) is 5.75 Å². The molecule has 0 saturated carbocycles. The zero-order valence-electron chi connectivity index (χ0n) is 18.2. The number of piperidine rings is 1. The van der Waals surface area contributed by atoms with Crippen molar-refractivity contribution < 1.29 is 22.3 Å². The minimum absolute atomic E-state index is 0.0297. The number of amides is 1. The minimum atomic E-state index is -3.73. The number of benzene rings is 2. The third kappa shape index (κ3) is 5.99. The molecule has 0 bridgehead atoms. The number of rotatable bonds is 8. The van der Waals surface area contributed by atoms with Crippen LogP contribution >= 0.6 is 11.6 Å². The van der Waals surface area contributed by atoms with E-state index in [0.717, 1.165) is 16.9 Å². The lowest BCUT2D eigenvalue weighted by molar-refractivity contribution is -0.126. The van der Waals surface area contributed by atoms with Gasteiger partial charge in [-0.2, -0.15) is 0 Å². The molecular formula is C23H28ClFN2O4S. The Labute approximate surface area is 193 Å². The molecule has 1 heterocycles. The van der Waals surface area contributed by atoms with Gasteiger partial charge in [-0.05, 0) is 56.0 Å². The molecule has 9 heteroatoms. The zero-order chi connectivity index (χ0) is 23.3. The lowest BCUT2D eigenvalue weighted by Crippen LogP contribution is -2.44.